The quantitative estimate of drug-likeness (QED) is 0.900. The van der Waals surface area contributed by atoms with Crippen molar-refractivity contribution in [3.8, 4) is 0 Å². The summed E-state index contributed by atoms with van der Waals surface area (Å²) in [5.41, 5.74) is 2.88. The highest BCUT2D eigenvalue weighted by Gasteiger charge is 2.34. The molecule has 1 aromatic carbocycles. The minimum absolute atomic E-state index is 0.201. The number of hydrogen-bond donors (Lipinski definition) is 1. The second kappa shape index (κ2) is 5.57. The fraction of sp³-hybridized carbons (Fsp3) is 0.588. The Morgan fingerprint density at radius 3 is 2.90 bits per heavy atom. The molecular weight excluding hydrogens is 250 g/mol. The van der Waals surface area contributed by atoms with Crippen molar-refractivity contribution in [3.05, 3.63) is 35.4 Å². The van der Waals surface area contributed by atoms with E-state index in [1.54, 1.807) is 0 Å². The number of carboxylic acids is 1. The third-order valence-electron chi connectivity index (χ3n) is 4.82. The molecule has 0 saturated carbocycles. The van der Waals surface area contributed by atoms with Crippen LogP contribution in [0.15, 0.2) is 24.3 Å². The Morgan fingerprint density at radius 1 is 1.30 bits per heavy atom. The maximum Gasteiger partial charge on any atom is 0.307 e. The molecule has 1 N–H and O–H groups in total. The molecule has 1 saturated heterocycles. The van der Waals surface area contributed by atoms with Gasteiger partial charge < -0.3 is 5.11 Å². The van der Waals surface area contributed by atoms with E-state index in [1.165, 1.54) is 24.0 Å². The predicted molar refractivity (Wildman–Crippen MR) is 78.6 cm³/mol. The molecule has 0 bridgehead atoms. The van der Waals surface area contributed by atoms with Gasteiger partial charge >= 0.3 is 5.97 Å². The van der Waals surface area contributed by atoms with E-state index in [1.807, 2.05) is 0 Å². The number of hydrogen-bond acceptors (Lipinski definition) is 2. The predicted octanol–water partition coefficient (Wildman–Crippen LogP) is 3.11. The number of aryl methyl sites for hydroxylation is 1. The number of carboxylic acid groups (broad SMARTS) is 1. The first-order chi connectivity index (χ1) is 9.65. The van der Waals surface area contributed by atoms with E-state index in [2.05, 4.69) is 36.1 Å². The minimum atomic E-state index is -0.634. The van der Waals surface area contributed by atoms with Crippen LogP contribution in [0, 0.1) is 11.8 Å². The molecule has 1 fully saturated rings. The summed E-state index contributed by atoms with van der Waals surface area (Å²) in [7, 11) is 0. The average Bonchev–Trinajstić information content (AvgIpc) is 2.46. The highest BCUT2D eigenvalue weighted by atomic mass is 16.4. The summed E-state index contributed by atoms with van der Waals surface area (Å²) in [6.45, 7) is 3.91. The van der Waals surface area contributed by atoms with Crippen LogP contribution in [0.1, 0.15) is 43.4 Å². The van der Waals surface area contributed by atoms with E-state index in [-0.39, 0.29) is 5.92 Å². The second-order valence-corrected chi connectivity index (χ2v) is 6.44. The second-order valence-electron chi connectivity index (χ2n) is 6.44. The lowest BCUT2D eigenvalue weighted by Crippen LogP contribution is -2.45. The number of rotatable bonds is 2. The van der Waals surface area contributed by atoms with E-state index in [9.17, 15) is 9.90 Å². The third kappa shape index (κ3) is 2.59. The van der Waals surface area contributed by atoms with Crippen LogP contribution in [0.4, 0.5) is 0 Å². The molecule has 3 rings (SSSR count). The van der Waals surface area contributed by atoms with Gasteiger partial charge in [-0.2, -0.15) is 0 Å². The van der Waals surface area contributed by atoms with Gasteiger partial charge in [0.1, 0.15) is 0 Å². The molecule has 3 atom stereocenters. The van der Waals surface area contributed by atoms with Gasteiger partial charge in [-0.1, -0.05) is 31.2 Å². The van der Waals surface area contributed by atoms with E-state index >= 15 is 0 Å². The average molecular weight is 273 g/mol. The summed E-state index contributed by atoms with van der Waals surface area (Å²) in [4.78, 5) is 13.8. The molecule has 0 spiro atoms. The standard InChI is InChI=1S/C17H23NO2/c1-12-9-14(17(19)20)11-18(10-12)16-8-4-6-13-5-2-3-7-15(13)16/h2-3,5,7,12,14,16H,4,6,8-11H2,1H3,(H,19,20). The Morgan fingerprint density at radius 2 is 2.10 bits per heavy atom. The number of aliphatic carboxylic acids is 1. The van der Waals surface area contributed by atoms with Crippen LogP contribution in [0.5, 0.6) is 0 Å². The van der Waals surface area contributed by atoms with Crippen molar-refractivity contribution < 1.29 is 9.90 Å². The Kier molecular flexibility index (Phi) is 3.79. The van der Waals surface area contributed by atoms with Gasteiger partial charge in [-0.3, -0.25) is 9.69 Å². The third-order valence-corrected chi connectivity index (χ3v) is 4.82. The number of piperidine rings is 1. The van der Waals surface area contributed by atoms with Gasteiger partial charge in [0.05, 0.1) is 5.92 Å². The minimum Gasteiger partial charge on any atom is -0.481 e. The first-order valence-corrected chi connectivity index (χ1v) is 7.70. The number of carbonyl (C=O) groups is 1. The monoisotopic (exact) mass is 273 g/mol. The van der Waals surface area contributed by atoms with E-state index < -0.39 is 5.97 Å². The van der Waals surface area contributed by atoms with Gasteiger partial charge in [0, 0.05) is 19.1 Å². The van der Waals surface area contributed by atoms with Crippen molar-refractivity contribution in [2.45, 2.75) is 38.6 Å². The molecule has 3 unspecified atom stereocenters. The Labute approximate surface area is 120 Å². The largest absolute Gasteiger partial charge is 0.481 e. The number of benzene rings is 1. The number of likely N-dealkylation sites (tertiary alicyclic amines) is 1. The molecule has 1 heterocycles. The summed E-state index contributed by atoms with van der Waals surface area (Å²) >= 11 is 0. The van der Waals surface area contributed by atoms with Crippen LogP contribution in [0.3, 0.4) is 0 Å². The molecule has 3 heteroatoms. The highest BCUT2D eigenvalue weighted by Crippen LogP contribution is 2.37. The van der Waals surface area contributed by atoms with Crippen LogP contribution in [0.2, 0.25) is 0 Å². The van der Waals surface area contributed by atoms with Gasteiger partial charge in [-0.15, -0.1) is 0 Å². The van der Waals surface area contributed by atoms with Gasteiger partial charge in [0.25, 0.3) is 0 Å². The molecule has 3 nitrogen and oxygen atoms in total. The molecule has 1 aromatic rings. The first kappa shape index (κ1) is 13.6. The van der Waals surface area contributed by atoms with Crippen molar-refractivity contribution >= 4 is 5.97 Å². The van der Waals surface area contributed by atoms with E-state index in [4.69, 9.17) is 0 Å². The molecule has 20 heavy (non-hydrogen) atoms. The number of nitrogens with zero attached hydrogens (tertiary/aromatic N) is 1. The maximum absolute atomic E-state index is 11.3. The van der Waals surface area contributed by atoms with Crippen molar-refractivity contribution in [1.82, 2.24) is 4.90 Å². The zero-order valence-electron chi connectivity index (χ0n) is 12.1. The lowest BCUT2D eigenvalue weighted by Gasteiger charge is -2.42. The molecule has 1 aliphatic heterocycles. The van der Waals surface area contributed by atoms with E-state index in [0.29, 0.717) is 18.5 Å². The molecule has 0 aromatic heterocycles. The van der Waals surface area contributed by atoms with Crippen LogP contribution in [-0.2, 0) is 11.2 Å². The zero-order chi connectivity index (χ0) is 14.1. The SMILES string of the molecule is CC1CC(C(=O)O)CN(C2CCCc3ccccc32)C1. The molecule has 1 aliphatic carbocycles. The van der Waals surface area contributed by atoms with Crippen molar-refractivity contribution in [1.29, 1.82) is 0 Å². The molecule has 0 radical (unpaired) electrons. The van der Waals surface area contributed by atoms with Crippen LogP contribution >= 0.6 is 0 Å². The van der Waals surface area contributed by atoms with E-state index in [0.717, 1.165) is 19.4 Å². The van der Waals surface area contributed by atoms with Crippen molar-refractivity contribution in [3.63, 3.8) is 0 Å². The lowest BCUT2D eigenvalue weighted by atomic mass is 9.83. The summed E-state index contributed by atoms with van der Waals surface area (Å²) < 4.78 is 0. The van der Waals surface area contributed by atoms with Gasteiger partial charge in [0.15, 0.2) is 0 Å². The molecule has 2 aliphatic rings. The Balaban J connectivity index is 1.84. The first-order valence-electron chi connectivity index (χ1n) is 7.70. The lowest BCUT2D eigenvalue weighted by molar-refractivity contribution is -0.144. The fourth-order valence-corrected chi connectivity index (χ4v) is 3.93. The van der Waals surface area contributed by atoms with Gasteiger partial charge in [-0.25, -0.2) is 0 Å². The fourth-order valence-electron chi connectivity index (χ4n) is 3.93. The number of fused-ring (bicyclic) bond motifs is 1. The molecule has 108 valence electrons. The highest BCUT2D eigenvalue weighted by molar-refractivity contribution is 5.70. The summed E-state index contributed by atoms with van der Waals surface area (Å²) in [6, 6.07) is 9.10. The van der Waals surface area contributed by atoms with Gasteiger partial charge in [-0.05, 0) is 42.7 Å². The summed E-state index contributed by atoms with van der Waals surface area (Å²) in [5.74, 6) is -0.363. The van der Waals surface area contributed by atoms with Crippen LogP contribution in [-0.4, -0.2) is 29.1 Å². The Hall–Kier alpha value is -1.35. The van der Waals surface area contributed by atoms with Crippen LogP contribution in [0.25, 0.3) is 0 Å². The van der Waals surface area contributed by atoms with Crippen LogP contribution < -0.4 is 0 Å². The van der Waals surface area contributed by atoms with Gasteiger partial charge in [0.2, 0.25) is 0 Å². The van der Waals surface area contributed by atoms with Crippen molar-refractivity contribution in [2.75, 3.05) is 13.1 Å². The molecule has 0 amide bonds. The maximum atomic E-state index is 11.3. The summed E-state index contributed by atoms with van der Waals surface area (Å²) in [5, 5.41) is 9.34. The Bertz CT molecular complexity index is 500. The zero-order valence-corrected chi connectivity index (χ0v) is 12.1. The topological polar surface area (TPSA) is 40.5 Å². The normalized spacial score (nSPS) is 30.8. The smallest absolute Gasteiger partial charge is 0.307 e. The van der Waals surface area contributed by atoms with Crippen molar-refractivity contribution in [2.24, 2.45) is 11.8 Å². The summed E-state index contributed by atoms with van der Waals surface area (Å²) in [6.07, 6.45) is 4.36. The molecular formula is C17H23NO2.